The molecule has 0 saturated carbocycles. The van der Waals surface area contributed by atoms with E-state index in [9.17, 15) is 4.79 Å². The van der Waals surface area contributed by atoms with Crippen LogP contribution in [0.2, 0.25) is 0 Å². The summed E-state index contributed by atoms with van der Waals surface area (Å²) in [5, 5.41) is 8.25. The van der Waals surface area contributed by atoms with E-state index in [1.165, 1.54) is 0 Å². The van der Waals surface area contributed by atoms with Gasteiger partial charge in [0.05, 0.1) is 20.1 Å². The lowest BCUT2D eigenvalue weighted by Gasteiger charge is -2.16. The molecule has 118 valence electrons. The van der Waals surface area contributed by atoms with Crippen LogP contribution in [0.15, 0.2) is 48.7 Å². The van der Waals surface area contributed by atoms with Crippen molar-refractivity contribution in [3.8, 4) is 5.75 Å². The number of amides is 1. The normalized spacial score (nSPS) is 10.7. The lowest BCUT2D eigenvalue weighted by atomic mass is 10.1. The molecule has 0 aliphatic carbocycles. The van der Waals surface area contributed by atoms with E-state index in [-0.39, 0.29) is 5.91 Å². The van der Waals surface area contributed by atoms with E-state index in [4.69, 9.17) is 4.74 Å². The molecule has 3 aromatic rings. The second-order valence-corrected chi connectivity index (χ2v) is 5.32. The molecule has 6 heteroatoms. The molecule has 2 aromatic heterocycles. The van der Waals surface area contributed by atoms with E-state index >= 15 is 0 Å². The van der Waals surface area contributed by atoms with Crippen LogP contribution < -0.4 is 4.74 Å². The molecule has 0 saturated heterocycles. The number of ether oxygens (including phenoxy) is 1. The summed E-state index contributed by atoms with van der Waals surface area (Å²) in [6.07, 6.45) is 2.24. The predicted octanol–water partition coefficient (Wildman–Crippen LogP) is 1.94. The first-order valence-electron chi connectivity index (χ1n) is 7.33. The first kappa shape index (κ1) is 15.0. The number of carbonyl (C=O) groups excluding carboxylic acids is 1. The molecular formula is C17H18N4O2. The fourth-order valence-electron chi connectivity index (χ4n) is 2.35. The molecule has 0 spiro atoms. The van der Waals surface area contributed by atoms with Gasteiger partial charge in [-0.2, -0.15) is 0 Å². The minimum Gasteiger partial charge on any atom is -0.497 e. The van der Waals surface area contributed by atoms with Gasteiger partial charge >= 0.3 is 0 Å². The number of pyridine rings is 1. The fraction of sp³-hybridized carbons (Fsp3) is 0.235. The number of hydrogen-bond donors (Lipinski definition) is 0. The standard InChI is InChI=1S/C17H18N4O2/c1-20(12-16-19-18-15-5-3-4-10-21(15)16)17(22)11-13-6-8-14(23-2)9-7-13/h3-10H,11-12H2,1-2H3. The van der Waals surface area contributed by atoms with Gasteiger partial charge in [-0.1, -0.05) is 18.2 Å². The summed E-state index contributed by atoms with van der Waals surface area (Å²) in [6.45, 7) is 0.417. The summed E-state index contributed by atoms with van der Waals surface area (Å²) in [6, 6.07) is 13.2. The highest BCUT2D eigenvalue weighted by atomic mass is 16.5. The summed E-state index contributed by atoms with van der Waals surface area (Å²) in [4.78, 5) is 14.0. The number of benzene rings is 1. The topological polar surface area (TPSA) is 59.7 Å². The third kappa shape index (κ3) is 3.31. The van der Waals surface area contributed by atoms with Crippen LogP contribution in [0.1, 0.15) is 11.4 Å². The fourth-order valence-corrected chi connectivity index (χ4v) is 2.35. The van der Waals surface area contributed by atoms with Crippen molar-refractivity contribution in [3.05, 3.63) is 60.0 Å². The van der Waals surface area contributed by atoms with Gasteiger partial charge in [0.25, 0.3) is 0 Å². The molecule has 0 atom stereocenters. The first-order chi connectivity index (χ1) is 11.2. The van der Waals surface area contributed by atoms with Gasteiger partial charge in [0.1, 0.15) is 5.75 Å². The predicted molar refractivity (Wildman–Crippen MR) is 86.2 cm³/mol. The van der Waals surface area contributed by atoms with E-state index in [1.54, 1.807) is 19.1 Å². The Morgan fingerprint density at radius 3 is 2.70 bits per heavy atom. The Morgan fingerprint density at radius 1 is 1.17 bits per heavy atom. The molecule has 23 heavy (non-hydrogen) atoms. The Bertz CT molecular complexity index is 811. The lowest BCUT2D eigenvalue weighted by Crippen LogP contribution is -2.28. The third-order valence-electron chi connectivity index (χ3n) is 3.70. The summed E-state index contributed by atoms with van der Waals surface area (Å²) < 4.78 is 7.01. The molecule has 0 unspecified atom stereocenters. The van der Waals surface area contributed by atoms with Crippen molar-refractivity contribution in [3.63, 3.8) is 0 Å². The van der Waals surface area contributed by atoms with Crippen LogP contribution in [0, 0.1) is 0 Å². The number of likely N-dealkylation sites (N-methyl/N-ethyl adjacent to an activating group) is 1. The molecule has 0 fully saturated rings. The minimum atomic E-state index is 0.0304. The SMILES string of the molecule is COc1ccc(CC(=O)N(C)Cc2nnc3ccccn23)cc1. The molecule has 1 aromatic carbocycles. The molecular weight excluding hydrogens is 292 g/mol. The van der Waals surface area contributed by atoms with Gasteiger partial charge in [0.2, 0.25) is 5.91 Å². The van der Waals surface area contributed by atoms with Gasteiger partial charge in [-0.15, -0.1) is 10.2 Å². The van der Waals surface area contributed by atoms with Crippen LogP contribution in [0.25, 0.3) is 5.65 Å². The molecule has 0 aliphatic heterocycles. The number of aromatic nitrogens is 3. The van der Waals surface area contributed by atoms with Crippen molar-refractivity contribution in [2.75, 3.05) is 14.2 Å². The smallest absolute Gasteiger partial charge is 0.227 e. The number of hydrogen-bond acceptors (Lipinski definition) is 4. The van der Waals surface area contributed by atoms with Gasteiger partial charge in [-0.3, -0.25) is 9.20 Å². The Kier molecular flexibility index (Phi) is 4.23. The molecule has 6 nitrogen and oxygen atoms in total. The number of nitrogens with zero attached hydrogens (tertiary/aromatic N) is 4. The zero-order chi connectivity index (χ0) is 16.2. The zero-order valence-corrected chi connectivity index (χ0v) is 13.1. The number of carbonyl (C=O) groups is 1. The largest absolute Gasteiger partial charge is 0.497 e. The molecule has 0 radical (unpaired) electrons. The van der Waals surface area contributed by atoms with Crippen molar-refractivity contribution in [1.29, 1.82) is 0 Å². The van der Waals surface area contributed by atoms with Crippen molar-refractivity contribution in [2.24, 2.45) is 0 Å². The molecule has 0 aliphatic rings. The highest BCUT2D eigenvalue weighted by Crippen LogP contribution is 2.13. The maximum Gasteiger partial charge on any atom is 0.227 e. The van der Waals surface area contributed by atoms with Gasteiger partial charge in [-0.25, -0.2) is 0 Å². The highest BCUT2D eigenvalue weighted by Gasteiger charge is 2.13. The van der Waals surface area contributed by atoms with Crippen LogP contribution in [0.5, 0.6) is 5.75 Å². The number of methoxy groups -OCH3 is 1. The maximum absolute atomic E-state index is 12.4. The Morgan fingerprint density at radius 2 is 1.96 bits per heavy atom. The molecule has 3 rings (SSSR count). The molecule has 2 heterocycles. The zero-order valence-electron chi connectivity index (χ0n) is 13.1. The average Bonchev–Trinajstić information content (AvgIpc) is 2.98. The highest BCUT2D eigenvalue weighted by molar-refractivity contribution is 5.78. The van der Waals surface area contributed by atoms with Crippen LogP contribution >= 0.6 is 0 Å². The lowest BCUT2D eigenvalue weighted by molar-refractivity contribution is -0.129. The average molecular weight is 310 g/mol. The second kappa shape index (κ2) is 6.48. The van der Waals surface area contributed by atoms with Crippen LogP contribution in [-0.2, 0) is 17.8 Å². The Labute approximate surface area is 134 Å². The quantitative estimate of drug-likeness (QED) is 0.722. The summed E-state index contributed by atoms with van der Waals surface area (Å²) in [5.41, 5.74) is 1.73. The van der Waals surface area contributed by atoms with Gasteiger partial charge in [0, 0.05) is 13.2 Å². The Hall–Kier alpha value is -2.89. The van der Waals surface area contributed by atoms with Crippen molar-refractivity contribution >= 4 is 11.6 Å². The summed E-state index contributed by atoms with van der Waals surface area (Å²) in [7, 11) is 3.40. The van der Waals surface area contributed by atoms with Crippen LogP contribution in [-0.4, -0.2) is 39.6 Å². The summed E-state index contributed by atoms with van der Waals surface area (Å²) in [5.74, 6) is 1.55. The number of rotatable bonds is 5. The van der Waals surface area contributed by atoms with Crippen molar-refractivity contribution in [2.45, 2.75) is 13.0 Å². The van der Waals surface area contributed by atoms with E-state index < -0.39 is 0 Å². The maximum atomic E-state index is 12.4. The first-order valence-corrected chi connectivity index (χ1v) is 7.33. The van der Waals surface area contributed by atoms with E-state index in [1.807, 2.05) is 53.1 Å². The summed E-state index contributed by atoms with van der Waals surface area (Å²) >= 11 is 0. The van der Waals surface area contributed by atoms with Crippen LogP contribution in [0.3, 0.4) is 0 Å². The van der Waals surface area contributed by atoms with Gasteiger partial charge in [0.15, 0.2) is 11.5 Å². The van der Waals surface area contributed by atoms with E-state index in [0.717, 1.165) is 22.8 Å². The minimum absolute atomic E-state index is 0.0304. The molecule has 0 bridgehead atoms. The van der Waals surface area contributed by atoms with Crippen molar-refractivity contribution < 1.29 is 9.53 Å². The third-order valence-corrected chi connectivity index (χ3v) is 3.70. The Balaban J connectivity index is 1.67. The van der Waals surface area contributed by atoms with Gasteiger partial charge in [-0.05, 0) is 29.8 Å². The number of fused-ring (bicyclic) bond motifs is 1. The van der Waals surface area contributed by atoms with E-state index in [0.29, 0.717) is 13.0 Å². The van der Waals surface area contributed by atoms with Crippen LogP contribution in [0.4, 0.5) is 0 Å². The van der Waals surface area contributed by atoms with Crippen molar-refractivity contribution in [1.82, 2.24) is 19.5 Å². The monoisotopic (exact) mass is 310 g/mol. The van der Waals surface area contributed by atoms with Gasteiger partial charge < -0.3 is 9.64 Å². The molecule has 1 amide bonds. The van der Waals surface area contributed by atoms with E-state index in [2.05, 4.69) is 10.2 Å². The molecule has 0 N–H and O–H groups in total. The second-order valence-electron chi connectivity index (χ2n) is 5.32.